The van der Waals surface area contributed by atoms with E-state index in [9.17, 15) is 14.0 Å². The van der Waals surface area contributed by atoms with Gasteiger partial charge in [-0.05, 0) is 50.6 Å². The summed E-state index contributed by atoms with van der Waals surface area (Å²) in [7, 11) is 0. The van der Waals surface area contributed by atoms with Gasteiger partial charge in [0.25, 0.3) is 0 Å². The first-order valence-corrected chi connectivity index (χ1v) is 9.91. The van der Waals surface area contributed by atoms with Gasteiger partial charge in [0.05, 0.1) is 17.0 Å². The molecule has 0 aromatic heterocycles. The highest BCUT2D eigenvalue weighted by Gasteiger charge is 2.25. The van der Waals surface area contributed by atoms with Crippen molar-refractivity contribution in [1.82, 2.24) is 5.32 Å². The van der Waals surface area contributed by atoms with Crippen LogP contribution in [-0.4, -0.2) is 23.3 Å². The van der Waals surface area contributed by atoms with Gasteiger partial charge in [0, 0.05) is 10.7 Å². The van der Waals surface area contributed by atoms with Crippen LogP contribution in [0.15, 0.2) is 42.5 Å². The van der Waals surface area contributed by atoms with Gasteiger partial charge in [-0.15, -0.1) is 11.8 Å². The number of halogens is 2. The zero-order chi connectivity index (χ0) is 20.0. The molecule has 27 heavy (non-hydrogen) atoms. The van der Waals surface area contributed by atoms with Gasteiger partial charge in [0.15, 0.2) is 0 Å². The van der Waals surface area contributed by atoms with Crippen molar-refractivity contribution in [3.05, 3.63) is 64.4 Å². The highest BCUT2D eigenvalue weighted by Crippen LogP contribution is 2.28. The Bertz CT molecular complexity index is 825. The molecule has 0 saturated carbocycles. The highest BCUT2D eigenvalue weighted by molar-refractivity contribution is 8.00. The molecule has 0 spiro atoms. The number of hydrogen-bond acceptors (Lipinski definition) is 3. The Kier molecular flexibility index (Phi) is 7.27. The van der Waals surface area contributed by atoms with Crippen molar-refractivity contribution in [2.24, 2.45) is 0 Å². The van der Waals surface area contributed by atoms with E-state index in [0.717, 1.165) is 11.3 Å². The first-order valence-electron chi connectivity index (χ1n) is 8.38. The third-order valence-electron chi connectivity index (χ3n) is 3.86. The van der Waals surface area contributed by atoms with Gasteiger partial charge in [-0.2, -0.15) is 0 Å². The van der Waals surface area contributed by atoms with E-state index in [1.165, 1.54) is 23.9 Å². The molecule has 2 rings (SSSR count). The number of aryl methyl sites for hydroxylation is 1. The number of benzene rings is 2. The molecule has 4 nitrogen and oxygen atoms in total. The fourth-order valence-electron chi connectivity index (χ4n) is 2.52. The van der Waals surface area contributed by atoms with Gasteiger partial charge >= 0.3 is 0 Å². The van der Waals surface area contributed by atoms with Crippen molar-refractivity contribution in [3.8, 4) is 0 Å². The van der Waals surface area contributed by atoms with Crippen LogP contribution in [0, 0.1) is 12.7 Å². The maximum Gasteiger partial charge on any atom is 0.234 e. The minimum absolute atomic E-state index is 0.129. The van der Waals surface area contributed by atoms with Crippen LogP contribution < -0.4 is 10.6 Å². The highest BCUT2D eigenvalue weighted by atomic mass is 35.5. The van der Waals surface area contributed by atoms with Crippen molar-refractivity contribution in [1.29, 1.82) is 0 Å². The normalized spacial score (nSPS) is 11.1. The Balaban J connectivity index is 1.81. The van der Waals surface area contributed by atoms with Crippen LogP contribution >= 0.6 is 23.4 Å². The van der Waals surface area contributed by atoms with Crippen molar-refractivity contribution >= 4 is 40.9 Å². The summed E-state index contributed by atoms with van der Waals surface area (Å²) in [6.45, 7) is 5.55. The molecule has 2 amide bonds. The smallest absolute Gasteiger partial charge is 0.234 e. The molecule has 2 aromatic carbocycles. The lowest BCUT2D eigenvalue weighted by molar-refractivity contribution is -0.120. The monoisotopic (exact) mass is 408 g/mol. The molecule has 0 fully saturated rings. The zero-order valence-corrected chi connectivity index (χ0v) is 17.0. The fraction of sp³-hybridized carbons (Fsp3) is 0.300. The molecule has 0 unspecified atom stereocenters. The van der Waals surface area contributed by atoms with E-state index in [1.54, 1.807) is 19.9 Å². The van der Waals surface area contributed by atoms with Crippen LogP contribution in [0.2, 0.25) is 5.02 Å². The zero-order valence-electron chi connectivity index (χ0n) is 15.4. The third kappa shape index (κ3) is 6.56. The summed E-state index contributed by atoms with van der Waals surface area (Å²) in [5.74, 6) is -0.533. The standard InChI is InChI=1S/C20H22ClFN2O2S/c1-13-4-7-15(8-5-13)23-18(25)11-27-12-19(26)24-20(2,3)16-9-6-14(22)10-17(16)21/h4-10H,11-12H2,1-3H3,(H,23,25)(H,24,26). The molecule has 0 radical (unpaired) electrons. The number of thioether (sulfide) groups is 1. The predicted octanol–water partition coefficient (Wildman–Crippen LogP) is 4.51. The van der Waals surface area contributed by atoms with Crippen LogP contribution in [0.1, 0.15) is 25.0 Å². The van der Waals surface area contributed by atoms with Crippen molar-refractivity contribution in [2.45, 2.75) is 26.3 Å². The topological polar surface area (TPSA) is 58.2 Å². The second kappa shape index (κ2) is 9.24. The Hall–Kier alpha value is -2.05. The van der Waals surface area contributed by atoms with Crippen molar-refractivity contribution < 1.29 is 14.0 Å². The summed E-state index contributed by atoms with van der Waals surface area (Å²) in [4.78, 5) is 24.2. The quantitative estimate of drug-likeness (QED) is 0.708. The predicted molar refractivity (Wildman–Crippen MR) is 110 cm³/mol. The molecule has 2 N–H and O–H groups in total. The van der Waals surface area contributed by atoms with E-state index in [-0.39, 0.29) is 28.3 Å². The molecule has 0 heterocycles. The van der Waals surface area contributed by atoms with E-state index in [2.05, 4.69) is 10.6 Å². The van der Waals surface area contributed by atoms with Crippen LogP contribution in [0.4, 0.5) is 10.1 Å². The average Bonchev–Trinajstić information content (AvgIpc) is 2.56. The summed E-state index contributed by atoms with van der Waals surface area (Å²) >= 11 is 7.30. The van der Waals surface area contributed by atoms with Crippen LogP contribution in [-0.2, 0) is 15.1 Å². The number of carbonyl (C=O) groups excluding carboxylic acids is 2. The molecule has 0 aliphatic rings. The fourth-order valence-corrected chi connectivity index (χ4v) is 3.54. The SMILES string of the molecule is Cc1ccc(NC(=O)CSCC(=O)NC(C)(C)c2ccc(F)cc2Cl)cc1. The number of amides is 2. The molecule has 2 aromatic rings. The number of nitrogens with one attached hydrogen (secondary N) is 2. The van der Waals surface area contributed by atoms with Gasteiger partial charge in [0.1, 0.15) is 5.82 Å². The molecular formula is C20H22ClFN2O2S. The lowest BCUT2D eigenvalue weighted by Gasteiger charge is -2.28. The maximum atomic E-state index is 13.2. The second-order valence-electron chi connectivity index (χ2n) is 6.70. The molecule has 0 bridgehead atoms. The van der Waals surface area contributed by atoms with E-state index in [1.807, 2.05) is 31.2 Å². The molecule has 144 valence electrons. The molecule has 0 atom stereocenters. The van der Waals surface area contributed by atoms with Gasteiger partial charge in [-0.3, -0.25) is 9.59 Å². The number of rotatable bonds is 7. The molecule has 0 aliphatic carbocycles. The van der Waals surface area contributed by atoms with E-state index < -0.39 is 11.4 Å². The lowest BCUT2D eigenvalue weighted by Crippen LogP contribution is -2.42. The van der Waals surface area contributed by atoms with Crippen LogP contribution in [0.3, 0.4) is 0 Å². The third-order valence-corrected chi connectivity index (χ3v) is 5.10. The summed E-state index contributed by atoms with van der Waals surface area (Å²) in [6, 6.07) is 11.6. The van der Waals surface area contributed by atoms with E-state index in [4.69, 9.17) is 11.6 Å². The number of hydrogen-bond donors (Lipinski definition) is 2. The Labute approximate surface area is 167 Å². The summed E-state index contributed by atoms with van der Waals surface area (Å²) in [6.07, 6.45) is 0. The van der Waals surface area contributed by atoms with Gasteiger partial charge in [-0.25, -0.2) is 4.39 Å². The molecular weight excluding hydrogens is 387 g/mol. The molecule has 0 aliphatic heterocycles. The van der Waals surface area contributed by atoms with Crippen LogP contribution in [0.5, 0.6) is 0 Å². The first kappa shape index (κ1) is 21.3. The van der Waals surface area contributed by atoms with E-state index in [0.29, 0.717) is 5.56 Å². The largest absolute Gasteiger partial charge is 0.346 e. The van der Waals surface area contributed by atoms with Crippen molar-refractivity contribution in [2.75, 3.05) is 16.8 Å². The van der Waals surface area contributed by atoms with Crippen LogP contribution in [0.25, 0.3) is 0 Å². The molecule has 7 heteroatoms. The summed E-state index contributed by atoms with van der Waals surface area (Å²) in [5.41, 5.74) is 1.71. The Morgan fingerprint density at radius 2 is 1.70 bits per heavy atom. The maximum absolute atomic E-state index is 13.2. The van der Waals surface area contributed by atoms with Crippen molar-refractivity contribution in [3.63, 3.8) is 0 Å². The second-order valence-corrected chi connectivity index (χ2v) is 8.10. The lowest BCUT2D eigenvalue weighted by atomic mass is 9.94. The minimum Gasteiger partial charge on any atom is -0.346 e. The minimum atomic E-state index is -0.757. The van der Waals surface area contributed by atoms with Gasteiger partial charge < -0.3 is 10.6 Å². The van der Waals surface area contributed by atoms with Gasteiger partial charge in [-0.1, -0.05) is 35.4 Å². The summed E-state index contributed by atoms with van der Waals surface area (Å²) < 4.78 is 13.2. The Morgan fingerprint density at radius 3 is 2.33 bits per heavy atom. The number of anilines is 1. The van der Waals surface area contributed by atoms with Gasteiger partial charge in [0.2, 0.25) is 11.8 Å². The average molecular weight is 409 g/mol. The van der Waals surface area contributed by atoms with E-state index >= 15 is 0 Å². The summed E-state index contributed by atoms with van der Waals surface area (Å²) in [5, 5.41) is 5.90. The Morgan fingerprint density at radius 1 is 1.07 bits per heavy atom. The molecule has 0 saturated heterocycles. The first-order chi connectivity index (χ1) is 12.7. The number of carbonyl (C=O) groups is 2.